The van der Waals surface area contributed by atoms with E-state index >= 15 is 0 Å². The first-order valence-corrected chi connectivity index (χ1v) is 4.96. The molecule has 1 aromatic carbocycles. The van der Waals surface area contributed by atoms with Crippen LogP contribution in [0.2, 0.25) is 0 Å². The van der Waals surface area contributed by atoms with Crippen molar-refractivity contribution >= 4 is 6.03 Å². The van der Waals surface area contributed by atoms with Gasteiger partial charge < -0.3 is 20.5 Å². The molecule has 0 saturated heterocycles. The van der Waals surface area contributed by atoms with E-state index in [-0.39, 0.29) is 0 Å². The summed E-state index contributed by atoms with van der Waals surface area (Å²) in [5.74, 6) is 0.778. The van der Waals surface area contributed by atoms with Crippen LogP contribution in [0.1, 0.15) is 5.56 Å². The maximum absolute atomic E-state index is 10.5. The predicted molar refractivity (Wildman–Crippen MR) is 60.2 cm³/mol. The van der Waals surface area contributed by atoms with Crippen molar-refractivity contribution in [2.24, 2.45) is 5.73 Å². The van der Waals surface area contributed by atoms with Gasteiger partial charge >= 0.3 is 6.03 Å². The number of hydrogen-bond donors (Lipinski definition) is 2. The molecule has 0 aromatic heterocycles. The van der Waals surface area contributed by atoms with Gasteiger partial charge in [0.2, 0.25) is 0 Å². The topological polar surface area (TPSA) is 73.6 Å². The summed E-state index contributed by atoms with van der Waals surface area (Å²) in [6, 6.07) is 6.90. The van der Waals surface area contributed by atoms with E-state index in [0.29, 0.717) is 19.8 Å². The van der Waals surface area contributed by atoms with E-state index in [1.807, 2.05) is 24.3 Å². The highest BCUT2D eigenvalue weighted by Gasteiger charge is 1.97. The van der Waals surface area contributed by atoms with E-state index in [4.69, 9.17) is 15.2 Å². The Morgan fingerprint density at radius 3 is 2.56 bits per heavy atom. The summed E-state index contributed by atoms with van der Waals surface area (Å²) >= 11 is 0. The fraction of sp³-hybridized carbons (Fsp3) is 0.364. The van der Waals surface area contributed by atoms with Crippen LogP contribution in [0.15, 0.2) is 24.3 Å². The van der Waals surface area contributed by atoms with E-state index in [1.165, 1.54) is 0 Å². The molecule has 0 aliphatic rings. The fourth-order valence-corrected chi connectivity index (χ4v) is 1.14. The second kappa shape index (κ2) is 6.68. The van der Waals surface area contributed by atoms with E-state index in [9.17, 15) is 4.79 Å². The van der Waals surface area contributed by atoms with Crippen LogP contribution in [-0.2, 0) is 11.3 Å². The molecule has 0 atom stereocenters. The standard InChI is InChI=1S/C11H16N2O3/c1-15-6-7-16-10-4-2-9(3-5-10)8-13-11(12)14/h2-5H,6-8H2,1H3,(H3,12,13,14). The van der Waals surface area contributed by atoms with Crippen molar-refractivity contribution in [2.75, 3.05) is 20.3 Å². The van der Waals surface area contributed by atoms with Crippen molar-refractivity contribution in [1.29, 1.82) is 0 Å². The Morgan fingerprint density at radius 1 is 1.31 bits per heavy atom. The third kappa shape index (κ3) is 4.65. The Kier molecular flexibility index (Phi) is 5.15. The Labute approximate surface area is 94.5 Å². The largest absolute Gasteiger partial charge is 0.491 e. The monoisotopic (exact) mass is 224 g/mol. The number of amides is 2. The number of rotatable bonds is 6. The lowest BCUT2D eigenvalue weighted by atomic mass is 10.2. The summed E-state index contributed by atoms with van der Waals surface area (Å²) in [4.78, 5) is 10.5. The fourth-order valence-electron chi connectivity index (χ4n) is 1.14. The van der Waals surface area contributed by atoms with Crippen molar-refractivity contribution in [1.82, 2.24) is 5.32 Å². The van der Waals surface area contributed by atoms with Gasteiger partial charge in [-0.1, -0.05) is 12.1 Å². The molecular formula is C11H16N2O3. The first kappa shape index (κ1) is 12.3. The highest BCUT2D eigenvalue weighted by atomic mass is 16.5. The zero-order valence-corrected chi connectivity index (χ0v) is 9.23. The number of carbonyl (C=O) groups excluding carboxylic acids is 1. The number of nitrogens with one attached hydrogen (secondary N) is 1. The number of primary amides is 1. The number of ether oxygens (including phenoxy) is 2. The van der Waals surface area contributed by atoms with Crippen molar-refractivity contribution in [3.05, 3.63) is 29.8 Å². The molecule has 0 bridgehead atoms. The van der Waals surface area contributed by atoms with Gasteiger partial charge in [0.1, 0.15) is 12.4 Å². The number of hydrogen-bond acceptors (Lipinski definition) is 3. The predicted octanol–water partition coefficient (Wildman–Crippen LogP) is 0.880. The van der Waals surface area contributed by atoms with Gasteiger partial charge in [0, 0.05) is 13.7 Å². The summed E-state index contributed by atoms with van der Waals surface area (Å²) in [5.41, 5.74) is 5.93. The first-order valence-electron chi connectivity index (χ1n) is 4.96. The van der Waals surface area contributed by atoms with Crippen LogP contribution in [0.25, 0.3) is 0 Å². The van der Waals surface area contributed by atoms with Crippen LogP contribution in [-0.4, -0.2) is 26.4 Å². The number of methoxy groups -OCH3 is 1. The quantitative estimate of drug-likeness (QED) is 0.704. The first-order chi connectivity index (χ1) is 7.72. The number of benzene rings is 1. The molecule has 0 aliphatic carbocycles. The van der Waals surface area contributed by atoms with E-state index < -0.39 is 6.03 Å². The summed E-state index contributed by atoms with van der Waals surface area (Å²) in [6.07, 6.45) is 0. The molecule has 3 N–H and O–H groups in total. The van der Waals surface area contributed by atoms with Gasteiger partial charge in [-0.15, -0.1) is 0 Å². The number of urea groups is 1. The van der Waals surface area contributed by atoms with E-state index in [1.54, 1.807) is 7.11 Å². The Hall–Kier alpha value is -1.75. The van der Waals surface area contributed by atoms with Crippen molar-refractivity contribution in [3.63, 3.8) is 0 Å². The van der Waals surface area contributed by atoms with Crippen LogP contribution in [0, 0.1) is 0 Å². The smallest absolute Gasteiger partial charge is 0.312 e. The molecule has 0 spiro atoms. The lowest BCUT2D eigenvalue weighted by Crippen LogP contribution is -2.28. The van der Waals surface area contributed by atoms with Gasteiger partial charge in [0.15, 0.2) is 0 Å². The minimum atomic E-state index is -0.527. The van der Waals surface area contributed by atoms with Crippen molar-refractivity contribution in [2.45, 2.75) is 6.54 Å². The number of carbonyl (C=O) groups is 1. The summed E-state index contributed by atoms with van der Waals surface area (Å²) in [7, 11) is 1.63. The molecule has 0 aliphatic heterocycles. The Balaban J connectivity index is 2.38. The molecule has 0 saturated carbocycles. The van der Waals surface area contributed by atoms with Gasteiger partial charge in [-0.25, -0.2) is 4.79 Å². The van der Waals surface area contributed by atoms with E-state index in [2.05, 4.69) is 5.32 Å². The molecule has 0 unspecified atom stereocenters. The zero-order chi connectivity index (χ0) is 11.8. The number of nitrogens with two attached hydrogens (primary N) is 1. The molecule has 16 heavy (non-hydrogen) atoms. The van der Waals surface area contributed by atoms with Crippen LogP contribution in [0.5, 0.6) is 5.75 Å². The maximum atomic E-state index is 10.5. The van der Waals surface area contributed by atoms with Crippen LogP contribution in [0.4, 0.5) is 4.79 Å². The molecule has 1 aromatic rings. The summed E-state index contributed by atoms with van der Waals surface area (Å²) < 4.78 is 10.3. The highest BCUT2D eigenvalue weighted by molar-refractivity contribution is 5.71. The average molecular weight is 224 g/mol. The molecule has 0 heterocycles. The molecule has 5 heteroatoms. The normalized spacial score (nSPS) is 9.81. The maximum Gasteiger partial charge on any atom is 0.312 e. The lowest BCUT2D eigenvalue weighted by Gasteiger charge is -2.06. The molecule has 1 rings (SSSR count). The zero-order valence-electron chi connectivity index (χ0n) is 9.23. The van der Waals surface area contributed by atoms with Gasteiger partial charge in [0.05, 0.1) is 6.61 Å². The van der Waals surface area contributed by atoms with Crippen molar-refractivity contribution in [3.8, 4) is 5.75 Å². The minimum Gasteiger partial charge on any atom is -0.491 e. The Morgan fingerprint density at radius 2 is 2.00 bits per heavy atom. The molecular weight excluding hydrogens is 208 g/mol. The average Bonchev–Trinajstić information content (AvgIpc) is 2.28. The highest BCUT2D eigenvalue weighted by Crippen LogP contribution is 2.11. The molecule has 88 valence electrons. The van der Waals surface area contributed by atoms with Gasteiger partial charge in [-0.3, -0.25) is 0 Å². The third-order valence-electron chi connectivity index (χ3n) is 1.95. The van der Waals surface area contributed by atoms with Crippen LogP contribution >= 0.6 is 0 Å². The molecule has 5 nitrogen and oxygen atoms in total. The molecule has 0 radical (unpaired) electrons. The summed E-state index contributed by atoms with van der Waals surface area (Å²) in [5, 5.41) is 2.51. The van der Waals surface area contributed by atoms with E-state index in [0.717, 1.165) is 11.3 Å². The lowest BCUT2D eigenvalue weighted by molar-refractivity contribution is 0.146. The van der Waals surface area contributed by atoms with Crippen LogP contribution in [0.3, 0.4) is 0 Å². The second-order valence-electron chi connectivity index (χ2n) is 3.20. The van der Waals surface area contributed by atoms with Crippen molar-refractivity contribution < 1.29 is 14.3 Å². The minimum absolute atomic E-state index is 0.424. The van der Waals surface area contributed by atoms with Gasteiger partial charge in [-0.2, -0.15) is 0 Å². The second-order valence-corrected chi connectivity index (χ2v) is 3.20. The summed E-state index contributed by atoms with van der Waals surface area (Å²) in [6.45, 7) is 1.51. The van der Waals surface area contributed by atoms with Gasteiger partial charge in [-0.05, 0) is 17.7 Å². The third-order valence-corrected chi connectivity index (χ3v) is 1.95. The molecule has 2 amide bonds. The SMILES string of the molecule is COCCOc1ccc(CNC(N)=O)cc1. The van der Waals surface area contributed by atoms with Crippen LogP contribution < -0.4 is 15.8 Å². The molecule has 0 fully saturated rings. The Bertz CT molecular complexity index is 325. The van der Waals surface area contributed by atoms with Gasteiger partial charge in [0.25, 0.3) is 0 Å².